The highest BCUT2D eigenvalue weighted by Crippen LogP contribution is 2.38. The van der Waals surface area contributed by atoms with E-state index in [1.54, 1.807) is 6.08 Å². The van der Waals surface area contributed by atoms with Crippen molar-refractivity contribution in [1.82, 2.24) is 9.88 Å². The van der Waals surface area contributed by atoms with Gasteiger partial charge in [0.2, 0.25) is 0 Å². The molecule has 1 aromatic heterocycles. The average Bonchev–Trinajstić information content (AvgIpc) is 3.37. The molecule has 5 aromatic rings. The number of nitrogens with zero attached hydrogens (tertiary/aromatic N) is 2. The van der Waals surface area contributed by atoms with Crippen molar-refractivity contribution in [2.75, 3.05) is 4.90 Å². The van der Waals surface area contributed by atoms with Crippen LogP contribution in [0.2, 0.25) is 10.0 Å². The Kier molecular flexibility index (Phi) is 7.47. The van der Waals surface area contributed by atoms with Gasteiger partial charge in [-0.25, -0.2) is 4.39 Å². The molecule has 0 bridgehead atoms. The molecular formula is C33H20Cl2FN3O2S. The summed E-state index contributed by atoms with van der Waals surface area (Å²) < 4.78 is 15.9. The van der Waals surface area contributed by atoms with Gasteiger partial charge in [-0.3, -0.25) is 19.8 Å². The van der Waals surface area contributed by atoms with Crippen molar-refractivity contribution >= 4 is 64.1 Å². The molecule has 42 heavy (non-hydrogen) atoms. The van der Waals surface area contributed by atoms with Gasteiger partial charge in [0, 0.05) is 16.3 Å². The van der Waals surface area contributed by atoms with Crippen molar-refractivity contribution < 1.29 is 14.0 Å². The first-order valence-electron chi connectivity index (χ1n) is 12.8. The summed E-state index contributed by atoms with van der Waals surface area (Å²) in [7, 11) is 0. The molecule has 2 heterocycles. The van der Waals surface area contributed by atoms with Gasteiger partial charge in [-0.1, -0.05) is 83.9 Å². The van der Waals surface area contributed by atoms with Gasteiger partial charge in [-0.2, -0.15) is 0 Å². The largest absolute Gasteiger partial charge is 0.309 e. The molecule has 0 atom stereocenters. The van der Waals surface area contributed by atoms with E-state index in [-0.39, 0.29) is 21.4 Å². The third-order valence-corrected chi connectivity index (χ3v) is 7.62. The predicted molar refractivity (Wildman–Crippen MR) is 169 cm³/mol. The first kappa shape index (κ1) is 27.6. The molecule has 1 N–H and O–H groups in total. The second kappa shape index (κ2) is 11.4. The Labute approximate surface area is 256 Å². The Morgan fingerprint density at radius 2 is 1.38 bits per heavy atom. The van der Waals surface area contributed by atoms with Crippen LogP contribution in [0.4, 0.5) is 10.1 Å². The molecule has 206 valence electrons. The Balaban J connectivity index is 1.59. The number of hydrogen-bond donors (Lipinski definition) is 1. The lowest BCUT2D eigenvalue weighted by atomic mass is 10.0. The van der Waals surface area contributed by atoms with Crippen LogP contribution in [0.15, 0.2) is 115 Å². The summed E-state index contributed by atoms with van der Waals surface area (Å²) in [6.45, 7) is 0. The Hall–Kier alpha value is -4.56. The first-order valence-corrected chi connectivity index (χ1v) is 14.0. The molecule has 1 saturated heterocycles. The molecule has 0 aliphatic carbocycles. The van der Waals surface area contributed by atoms with Gasteiger partial charge in [0.1, 0.15) is 11.4 Å². The molecule has 9 heteroatoms. The van der Waals surface area contributed by atoms with Crippen LogP contribution in [0.25, 0.3) is 34.3 Å². The third-order valence-electron chi connectivity index (χ3n) is 6.79. The minimum Gasteiger partial charge on any atom is -0.309 e. The summed E-state index contributed by atoms with van der Waals surface area (Å²) in [6, 6.07) is 32.7. The molecular weight excluding hydrogens is 592 g/mol. The summed E-state index contributed by atoms with van der Waals surface area (Å²) in [6.07, 6.45) is 1.55. The zero-order chi connectivity index (χ0) is 29.4. The van der Waals surface area contributed by atoms with Crippen LogP contribution in [-0.2, 0) is 9.59 Å². The van der Waals surface area contributed by atoms with E-state index in [9.17, 15) is 14.0 Å². The molecule has 4 aromatic carbocycles. The van der Waals surface area contributed by atoms with Crippen molar-refractivity contribution in [2.45, 2.75) is 0 Å². The van der Waals surface area contributed by atoms with Crippen LogP contribution in [0.3, 0.4) is 0 Å². The number of nitrogens with one attached hydrogen (secondary N) is 1. The zero-order valence-electron chi connectivity index (χ0n) is 21.7. The number of amides is 2. The smallest absolute Gasteiger partial charge is 0.270 e. The van der Waals surface area contributed by atoms with Crippen molar-refractivity contribution in [2.24, 2.45) is 0 Å². The number of carbonyl (C=O) groups excluding carboxylic acids is 2. The van der Waals surface area contributed by atoms with E-state index in [4.69, 9.17) is 35.4 Å². The van der Waals surface area contributed by atoms with Crippen LogP contribution < -0.4 is 10.2 Å². The van der Waals surface area contributed by atoms with E-state index in [2.05, 4.69) is 9.88 Å². The molecule has 5 nitrogen and oxygen atoms in total. The molecule has 0 spiro atoms. The number of halogens is 3. The van der Waals surface area contributed by atoms with Crippen LogP contribution >= 0.6 is 35.4 Å². The van der Waals surface area contributed by atoms with Gasteiger partial charge in [0.05, 0.1) is 22.1 Å². The van der Waals surface area contributed by atoms with Gasteiger partial charge in [-0.15, -0.1) is 0 Å². The molecule has 1 fully saturated rings. The predicted octanol–water partition coefficient (Wildman–Crippen LogP) is 8.09. The van der Waals surface area contributed by atoms with Gasteiger partial charge in [0.25, 0.3) is 11.8 Å². The maximum absolute atomic E-state index is 13.9. The fourth-order valence-corrected chi connectivity index (χ4v) is 5.46. The van der Waals surface area contributed by atoms with Crippen LogP contribution in [0.5, 0.6) is 0 Å². The number of aromatic nitrogens is 1. The number of thiocarbonyl (C=S) groups is 1. The highest BCUT2D eigenvalue weighted by Gasteiger charge is 2.35. The number of benzene rings is 4. The summed E-state index contributed by atoms with van der Waals surface area (Å²) >= 11 is 17.5. The Morgan fingerprint density at radius 1 is 0.762 bits per heavy atom. The van der Waals surface area contributed by atoms with E-state index in [0.29, 0.717) is 10.6 Å². The van der Waals surface area contributed by atoms with Crippen LogP contribution in [0, 0.1) is 5.82 Å². The van der Waals surface area contributed by atoms with E-state index in [0.717, 1.165) is 39.2 Å². The fraction of sp³-hybridized carbons (Fsp3) is 0. The van der Waals surface area contributed by atoms with E-state index >= 15 is 0 Å². The maximum atomic E-state index is 13.9. The highest BCUT2D eigenvalue weighted by molar-refractivity contribution is 7.80. The van der Waals surface area contributed by atoms with Crippen molar-refractivity contribution in [1.29, 1.82) is 0 Å². The minimum absolute atomic E-state index is 0.128. The zero-order valence-corrected chi connectivity index (χ0v) is 24.1. The maximum Gasteiger partial charge on any atom is 0.270 e. The average molecular weight is 613 g/mol. The van der Waals surface area contributed by atoms with E-state index in [1.165, 1.54) is 12.1 Å². The standard InChI is InChI=1S/C33H20Cl2FN3O2S/c34-23-11-13-24(14-12-23)38-29(20-7-3-1-4-8-20)18-22(30(38)21-9-5-2-6-10-21)17-26-31(40)37-33(42)39(32(26)41)25-15-16-28(36)27(35)19-25/h1-19H,(H,37,40,42)/b26-17-. The van der Waals surface area contributed by atoms with Crippen molar-refractivity contribution in [3.8, 4) is 28.2 Å². The second-order valence-corrected chi connectivity index (χ2v) is 10.7. The first-order chi connectivity index (χ1) is 20.3. The summed E-state index contributed by atoms with van der Waals surface area (Å²) in [5.41, 5.74) is 4.94. The van der Waals surface area contributed by atoms with Gasteiger partial charge in [0.15, 0.2) is 5.11 Å². The van der Waals surface area contributed by atoms with Gasteiger partial charge in [-0.05, 0) is 78.0 Å². The summed E-state index contributed by atoms with van der Waals surface area (Å²) in [5.74, 6) is -1.94. The molecule has 0 saturated carbocycles. The lowest BCUT2D eigenvalue weighted by Gasteiger charge is -2.29. The normalized spacial score (nSPS) is 14.4. The molecule has 1 aliphatic rings. The summed E-state index contributed by atoms with van der Waals surface area (Å²) in [5, 5.41) is 2.87. The third kappa shape index (κ3) is 5.14. The van der Waals surface area contributed by atoms with Crippen LogP contribution in [-0.4, -0.2) is 21.5 Å². The van der Waals surface area contributed by atoms with Gasteiger partial charge < -0.3 is 4.57 Å². The van der Waals surface area contributed by atoms with Crippen molar-refractivity contribution in [3.63, 3.8) is 0 Å². The second-order valence-electron chi connectivity index (χ2n) is 9.43. The van der Waals surface area contributed by atoms with Gasteiger partial charge >= 0.3 is 0 Å². The minimum atomic E-state index is -0.661. The SMILES string of the molecule is O=C1NC(=S)N(c2ccc(F)c(Cl)c2)C(=O)/C1=C\c1cc(-c2ccccc2)n(-c2ccc(Cl)cc2)c1-c1ccccc1. The Bertz CT molecular complexity index is 1890. The Morgan fingerprint density at radius 3 is 2.02 bits per heavy atom. The number of hydrogen-bond acceptors (Lipinski definition) is 3. The molecule has 6 rings (SSSR count). The van der Waals surface area contributed by atoms with Crippen LogP contribution in [0.1, 0.15) is 5.56 Å². The number of anilines is 1. The number of rotatable bonds is 5. The van der Waals surface area contributed by atoms with E-state index < -0.39 is 17.6 Å². The molecule has 0 radical (unpaired) electrons. The molecule has 1 aliphatic heterocycles. The monoisotopic (exact) mass is 611 g/mol. The van der Waals surface area contributed by atoms with E-state index in [1.807, 2.05) is 91.0 Å². The fourth-order valence-electron chi connectivity index (χ4n) is 4.88. The van der Waals surface area contributed by atoms with Crippen molar-refractivity contribution in [3.05, 3.63) is 136 Å². The topological polar surface area (TPSA) is 54.3 Å². The number of carbonyl (C=O) groups is 2. The lowest BCUT2D eigenvalue weighted by molar-refractivity contribution is -0.122. The quantitative estimate of drug-likeness (QED) is 0.124. The highest BCUT2D eigenvalue weighted by atomic mass is 35.5. The lowest BCUT2D eigenvalue weighted by Crippen LogP contribution is -2.54. The summed E-state index contributed by atoms with van der Waals surface area (Å²) in [4.78, 5) is 28.2. The molecule has 0 unspecified atom stereocenters. The molecule has 2 amide bonds.